The van der Waals surface area contributed by atoms with E-state index < -0.39 is 17.8 Å². The number of amides is 2. The number of hydrogen-bond acceptors (Lipinski definition) is 6. The normalized spacial score (nSPS) is 16.5. The number of esters is 1. The Labute approximate surface area is 120 Å². The van der Waals surface area contributed by atoms with E-state index in [4.69, 9.17) is 0 Å². The third-order valence-corrected chi connectivity index (χ3v) is 3.13. The average Bonchev–Trinajstić information content (AvgIpc) is 2.84. The van der Waals surface area contributed by atoms with Crippen molar-refractivity contribution in [3.8, 4) is 0 Å². The molecule has 0 spiro atoms. The van der Waals surface area contributed by atoms with E-state index in [0.717, 1.165) is 7.11 Å². The molecule has 0 aliphatic carbocycles. The van der Waals surface area contributed by atoms with Gasteiger partial charge in [-0.1, -0.05) is 13.2 Å². The second-order valence-electron chi connectivity index (χ2n) is 3.81. The van der Waals surface area contributed by atoms with E-state index in [1.54, 1.807) is 5.41 Å². The van der Waals surface area contributed by atoms with E-state index in [1.165, 1.54) is 11.8 Å². The standard InChI is InChI=1S/C12H15N3O4S/c1-6(10(16)14-7(2)12(18)19-4)13-11(17)9-5-20-8(3)15-9/h5,8,15H,1-2H2,3-4H3,(H,13,17)(H,14,16). The first-order chi connectivity index (χ1) is 9.35. The number of hydrogen-bond donors (Lipinski definition) is 3. The predicted molar refractivity (Wildman–Crippen MR) is 74.9 cm³/mol. The van der Waals surface area contributed by atoms with Gasteiger partial charge in [0.15, 0.2) is 0 Å². The van der Waals surface area contributed by atoms with Crippen molar-refractivity contribution in [2.45, 2.75) is 12.3 Å². The summed E-state index contributed by atoms with van der Waals surface area (Å²) < 4.78 is 4.37. The first-order valence-electron chi connectivity index (χ1n) is 5.56. The maximum atomic E-state index is 11.8. The van der Waals surface area contributed by atoms with Crippen molar-refractivity contribution < 1.29 is 19.1 Å². The van der Waals surface area contributed by atoms with Crippen molar-refractivity contribution in [1.29, 1.82) is 0 Å². The minimum atomic E-state index is -0.775. The fourth-order valence-corrected chi connectivity index (χ4v) is 1.93. The minimum absolute atomic E-state index is 0.0944. The Morgan fingerprint density at radius 2 is 1.95 bits per heavy atom. The van der Waals surface area contributed by atoms with E-state index in [1.807, 2.05) is 6.92 Å². The van der Waals surface area contributed by atoms with Gasteiger partial charge in [0.1, 0.15) is 11.4 Å². The maximum absolute atomic E-state index is 11.8. The molecule has 0 fully saturated rings. The van der Waals surface area contributed by atoms with Crippen LogP contribution in [0.1, 0.15) is 6.92 Å². The van der Waals surface area contributed by atoms with Crippen LogP contribution in [0, 0.1) is 0 Å². The lowest BCUT2D eigenvalue weighted by Crippen LogP contribution is -2.38. The number of ether oxygens (including phenoxy) is 1. The molecule has 1 rings (SSSR count). The number of rotatable bonds is 5. The van der Waals surface area contributed by atoms with E-state index in [2.05, 4.69) is 33.8 Å². The third-order valence-electron chi connectivity index (χ3n) is 2.23. The summed E-state index contributed by atoms with van der Waals surface area (Å²) in [6, 6.07) is 0. The first-order valence-corrected chi connectivity index (χ1v) is 6.50. The van der Waals surface area contributed by atoms with E-state index >= 15 is 0 Å². The topological polar surface area (TPSA) is 96.5 Å². The summed E-state index contributed by atoms with van der Waals surface area (Å²) in [6.07, 6.45) is 0. The summed E-state index contributed by atoms with van der Waals surface area (Å²) in [4.78, 5) is 34.5. The molecule has 0 aromatic rings. The molecule has 0 saturated heterocycles. The second-order valence-corrected chi connectivity index (χ2v) is 5.03. The average molecular weight is 297 g/mol. The summed E-state index contributed by atoms with van der Waals surface area (Å²) in [5.74, 6) is -2.00. The summed E-state index contributed by atoms with van der Waals surface area (Å²) >= 11 is 1.45. The van der Waals surface area contributed by atoms with Gasteiger partial charge in [-0.3, -0.25) is 9.59 Å². The Hall–Kier alpha value is -2.22. The van der Waals surface area contributed by atoms with Gasteiger partial charge in [-0.25, -0.2) is 4.79 Å². The molecule has 0 radical (unpaired) electrons. The SMILES string of the molecule is C=C(NC(=O)C1=CSC(C)N1)C(=O)NC(=C)C(=O)OC. The van der Waals surface area contributed by atoms with Gasteiger partial charge in [0, 0.05) is 5.41 Å². The van der Waals surface area contributed by atoms with Crippen LogP contribution in [0.3, 0.4) is 0 Å². The van der Waals surface area contributed by atoms with Gasteiger partial charge in [0.05, 0.1) is 18.2 Å². The quantitative estimate of drug-likeness (QED) is 0.486. The molecule has 0 bridgehead atoms. The van der Waals surface area contributed by atoms with Gasteiger partial charge < -0.3 is 20.7 Å². The maximum Gasteiger partial charge on any atom is 0.353 e. The molecule has 8 heteroatoms. The van der Waals surface area contributed by atoms with Crippen molar-refractivity contribution >= 4 is 29.5 Å². The van der Waals surface area contributed by atoms with Crippen LogP contribution >= 0.6 is 11.8 Å². The lowest BCUT2D eigenvalue weighted by molar-refractivity contribution is -0.137. The second kappa shape index (κ2) is 6.80. The number of carbonyl (C=O) groups excluding carboxylic acids is 3. The molecule has 0 saturated carbocycles. The van der Waals surface area contributed by atoms with Gasteiger partial charge in [-0.2, -0.15) is 0 Å². The summed E-state index contributed by atoms with van der Waals surface area (Å²) in [5.41, 5.74) is -0.0918. The van der Waals surface area contributed by atoms with Crippen LogP contribution in [0.4, 0.5) is 0 Å². The van der Waals surface area contributed by atoms with E-state index in [0.29, 0.717) is 5.70 Å². The molecule has 20 heavy (non-hydrogen) atoms. The highest BCUT2D eigenvalue weighted by molar-refractivity contribution is 8.02. The van der Waals surface area contributed by atoms with Crippen LogP contribution < -0.4 is 16.0 Å². The van der Waals surface area contributed by atoms with E-state index in [9.17, 15) is 14.4 Å². The Morgan fingerprint density at radius 1 is 1.30 bits per heavy atom. The molecule has 1 aliphatic rings. The van der Waals surface area contributed by atoms with Gasteiger partial charge in [0.2, 0.25) is 0 Å². The van der Waals surface area contributed by atoms with Crippen LogP contribution in [-0.4, -0.2) is 30.3 Å². The van der Waals surface area contributed by atoms with Crippen molar-refractivity contribution in [1.82, 2.24) is 16.0 Å². The molecule has 0 aromatic carbocycles. The summed E-state index contributed by atoms with van der Waals surface area (Å²) in [7, 11) is 1.16. The van der Waals surface area contributed by atoms with Crippen LogP contribution in [0.2, 0.25) is 0 Å². The number of nitrogens with one attached hydrogen (secondary N) is 3. The zero-order valence-electron chi connectivity index (χ0n) is 11.1. The molecule has 1 aliphatic heterocycles. The van der Waals surface area contributed by atoms with Crippen LogP contribution in [0.25, 0.3) is 0 Å². The summed E-state index contributed by atoms with van der Waals surface area (Å²) in [5, 5.41) is 9.15. The van der Waals surface area contributed by atoms with Gasteiger partial charge in [-0.05, 0) is 6.92 Å². The number of methoxy groups -OCH3 is 1. The van der Waals surface area contributed by atoms with Gasteiger partial charge in [0.25, 0.3) is 11.8 Å². The Kier molecular flexibility index (Phi) is 5.39. The van der Waals surface area contributed by atoms with Crippen LogP contribution in [-0.2, 0) is 19.1 Å². The molecule has 1 heterocycles. The highest BCUT2D eigenvalue weighted by Crippen LogP contribution is 2.19. The minimum Gasteiger partial charge on any atom is -0.464 e. The van der Waals surface area contributed by atoms with Crippen LogP contribution in [0.15, 0.2) is 35.7 Å². The lowest BCUT2D eigenvalue weighted by atomic mass is 10.3. The molecular weight excluding hydrogens is 282 g/mol. The zero-order chi connectivity index (χ0) is 15.3. The summed E-state index contributed by atoms with van der Waals surface area (Å²) in [6.45, 7) is 8.64. The van der Waals surface area contributed by atoms with Crippen molar-refractivity contribution in [2.24, 2.45) is 0 Å². The monoisotopic (exact) mass is 297 g/mol. The van der Waals surface area contributed by atoms with Gasteiger partial charge in [-0.15, -0.1) is 11.8 Å². The van der Waals surface area contributed by atoms with Crippen LogP contribution in [0.5, 0.6) is 0 Å². The molecule has 0 aromatic heterocycles. The van der Waals surface area contributed by atoms with E-state index in [-0.39, 0.29) is 16.8 Å². The lowest BCUT2D eigenvalue weighted by Gasteiger charge is -2.11. The molecule has 7 nitrogen and oxygen atoms in total. The Balaban J connectivity index is 2.50. The highest BCUT2D eigenvalue weighted by Gasteiger charge is 2.21. The Bertz CT molecular complexity index is 513. The highest BCUT2D eigenvalue weighted by atomic mass is 32.2. The predicted octanol–water partition coefficient (Wildman–Crippen LogP) is -0.0570. The largest absolute Gasteiger partial charge is 0.464 e. The van der Waals surface area contributed by atoms with Gasteiger partial charge >= 0.3 is 5.97 Å². The number of carbonyl (C=O) groups is 3. The molecule has 3 N–H and O–H groups in total. The number of thioether (sulfide) groups is 1. The fraction of sp³-hybridized carbons (Fsp3) is 0.250. The molecule has 108 valence electrons. The van der Waals surface area contributed by atoms with Crippen molar-refractivity contribution in [3.05, 3.63) is 35.7 Å². The van der Waals surface area contributed by atoms with Crippen molar-refractivity contribution in [3.63, 3.8) is 0 Å². The Morgan fingerprint density at radius 3 is 2.45 bits per heavy atom. The molecule has 1 unspecified atom stereocenters. The molecule has 1 atom stereocenters. The third kappa shape index (κ3) is 4.16. The molecular formula is C12H15N3O4S. The molecule has 2 amide bonds. The first kappa shape index (κ1) is 15.8. The van der Waals surface area contributed by atoms with Crippen molar-refractivity contribution in [2.75, 3.05) is 7.11 Å². The fourth-order valence-electron chi connectivity index (χ4n) is 1.22. The smallest absolute Gasteiger partial charge is 0.353 e. The zero-order valence-corrected chi connectivity index (χ0v) is 11.9.